The van der Waals surface area contributed by atoms with Crippen molar-refractivity contribution in [1.82, 2.24) is 20.9 Å². The average Bonchev–Trinajstić information content (AvgIpc) is 3.36. The summed E-state index contributed by atoms with van der Waals surface area (Å²) < 4.78 is 0. The van der Waals surface area contributed by atoms with Crippen molar-refractivity contribution in [3.05, 3.63) is 65.9 Å². The summed E-state index contributed by atoms with van der Waals surface area (Å²) in [5, 5.41) is 37.4. The van der Waals surface area contributed by atoms with Crippen LogP contribution in [0.3, 0.4) is 0 Å². The Labute approximate surface area is 246 Å². The van der Waals surface area contributed by atoms with Gasteiger partial charge in [0.05, 0.1) is 12.1 Å². The molecule has 0 saturated heterocycles. The molecule has 0 saturated carbocycles. The SMILES string of the molecule is CC(O)C(NC(=O)C(N)Cc1c[nH]c2ccccc12)C(=O)NC(CCC(N)=O)C(=O)NC(Cc1ccc(O)cc1)C(=O)O. The maximum atomic E-state index is 13.2. The summed E-state index contributed by atoms with van der Waals surface area (Å²) in [6, 6.07) is 7.68. The van der Waals surface area contributed by atoms with Gasteiger partial charge in [-0.05, 0) is 49.1 Å². The first kappa shape index (κ1) is 32.6. The molecule has 1 heterocycles. The minimum atomic E-state index is -1.53. The number of hydrogen-bond acceptors (Lipinski definition) is 8. The Balaban J connectivity index is 1.69. The Bertz CT molecular complexity index is 1450. The van der Waals surface area contributed by atoms with Crippen molar-refractivity contribution in [2.24, 2.45) is 11.5 Å². The van der Waals surface area contributed by atoms with Crippen molar-refractivity contribution in [3.8, 4) is 5.75 Å². The van der Waals surface area contributed by atoms with Crippen LogP contribution in [0.5, 0.6) is 5.75 Å². The third-order valence-electron chi connectivity index (χ3n) is 6.82. The first-order chi connectivity index (χ1) is 20.3. The molecular weight excluding hydrogens is 560 g/mol. The van der Waals surface area contributed by atoms with E-state index >= 15 is 0 Å². The highest BCUT2D eigenvalue weighted by Crippen LogP contribution is 2.19. The van der Waals surface area contributed by atoms with Crippen LogP contribution in [0.4, 0.5) is 0 Å². The van der Waals surface area contributed by atoms with Gasteiger partial charge in [-0.15, -0.1) is 0 Å². The number of H-pyrrole nitrogens is 1. The van der Waals surface area contributed by atoms with Gasteiger partial charge >= 0.3 is 5.97 Å². The van der Waals surface area contributed by atoms with Gasteiger partial charge in [-0.25, -0.2) is 4.79 Å². The van der Waals surface area contributed by atoms with Gasteiger partial charge in [0.1, 0.15) is 23.9 Å². The Morgan fingerprint density at radius 3 is 2.16 bits per heavy atom. The number of carbonyl (C=O) groups is 5. The van der Waals surface area contributed by atoms with Crippen LogP contribution in [0.2, 0.25) is 0 Å². The zero-order valence-corrected chi connectivity index (χ0v) is 23.4. The van der Waals surface area contributed by atoms with Crippen molar-refractivity contribution in [2.45, 2.75) is 62.9 Å². The number of aromatic hydroxyl groups is 1. The lowest BCUT2D eigenvalue weighted by Gasteiger charge is -2.26. The van der Waals surface area contributed by atoms with Crippen molar-refractivity contribution in [3.63, 3.8) is 0 Å². The summed E-state index contributed by atoms with van der Waals surface area (Å²) in [5.74, 6) is -4.77. The Morgan fingerprint density at radius 1 is 0.884 bits per heavy atom. The number of para-hydroxylation sites is 1. The largest absolute Gasteiger partial charge is 0.508 e. The topological polar surface area (TPSA) is 250 Å². The molecule has 0 spiro atoms. The fourth-order valence-electron chi connectivity index (χ4n) is 4.45. The van der Waals surface area contributed by atoms with E-state index in [2.05, 4.69) is 20.9 Å². The molecule has 3 aromatic rings. The highest BCUT2D eigenvalue weighted by molar-refractivity contribution is 5.95. The maximum absolute atomic E-state index is 13.2. The molecule has 14 nitrogen and oxygen atoms in total. The van der Waals surface area contributed by atoms with Crippen molar-refractivity contribution >= 4 is 40.5 Å². The number of phenols is 1. The number of primary amides is 1. The maximum Gasteiger partial charge on any atom is 0.326 e. The van der Waals surface area contributed by atoms with E-state index in [1.54, 1.807) is 6.20 Å². The van der Waals surface area contributed by atoms with Gasteiger partial charge in [-0.1, -0.05) is 30.3 Å². The number of hydrogen-bond donors (Lipinski definition) is 9. The van der Waals surface area contributed by atoms with E-state index in [0.29, 0.717) is 5.56 Å². The van der Waals surface area contributed by atoms with E-state index in [1.807, 2.05) is 24.3 Å². The predicted octanol–water partition coefficient (Wildman–Crippen LogP) is -0.829. The first-order valence-corrected chi connectivity index (χ1v) is 13.5. The fourth-order valence-corrected chi connectivity index (χ4v) is 4.45. The molecule has 0 aliphatic rings. The number of aromatic nitrogens is 1. The number of carboxylic acids is 1. The molecular formula is C29H36N6O8. The second kappa shape index (κ2) is 14.8. The van der Waals surface area contributed by atoms with Gasteiger partial charge in [0.15, 0.2) is 0 Å². The van der Waals surface area contributed by atoms with E-state index in [1.165, 1.54) is 31.2 Å². The quantitative estimate of drug-likeness (QED) is 0.106. The summed E-state index contributed by atoms with van der Waals surface area (Å²) in [4.78, 5) is 65.6. The molecule has 14 heteroatoms. The number of phenolic OH excluding ortho intramolecular Hbond substituents is 1. The molecule has 1 aromatic heterocycles. The van der Waals surface area contributed by atoms with Crippen molar-refractivity contribution in [1.29, 1.82) is 0 Å². The first-order valence-electron chi connectivity index (χ1n) is 13.5. The monoisotopic (exact) mass is 596 g/mol. The minimum Gasteiger partial charge on any atom is -0.508 e. The second-order valence-electron chi connectivity index (χ2n) is 10.2. The zero-order valence-electron chi connectivity index (χ0n) is 23.4. The van der Waals surface area contributed by atoms with Crippen molar-refractivity contribution < 1.29 is 39.3 Å². The number of aliphatic carboxylic acids is 1. The molecule has 0 bridgehead atoms. The van der Waals surface area contributed by atoms with Gasteiger partial charge in [0.2, 0.25) is 23.6 Å². The lowest BCUT2D eigenvalue weighted by atomic mass is 10.0. The number of aliphatic hydroxyl groups is 1. The van der Waals surface area contributed by atoms with E-state index in [-0.39, 0.29) is 31.4 Å². The van der Waals surface area contributed by atoms with Gasteiger partial charge in [0, 0.05) is 29.9 Å². The number of rotatable bonds is 15. The van der Waals surface area contributed by atoms with E-state index < -0.39 is 59.9 Å². The number of nitrogens with two attached hydrogens (primary N) is 2. The standard InChI is InChI=1S/C29H36N6O8/c1-15(36)25(35-26(39)20(30)13-17-14-32-21-5-3-2-4-19(17)21)28(41)33-22(10-11-24(31)38)27(40)34-23(29(42)43)12-16-6-8-18(37)9-7-16/h2-9,14-15,20,22-23,25,32,36-37H,10-13,30H2,1H3,(H2,31,38)(H,33,41)(H,34,40)(H,35,39)(H,42,43). The van der Waals surface area contributed by atoms with Crippen molar-refractivity contribution in [2.75, 3.05) is 0 Å². The van der Waals surface area contributed by atoms with Crippen LogP contribution in [0.25, 0.3) is 10.9 Å². The molecule has 0 fully saturated rings. The highest BCUT2D eigenvalue weighted by atomic mass is 16.4. The highest BCUT2D eigenvalue weighted by Gasteiger charge is 2.33. The lowest BCUT2D eigenvalue weighted by molar-refractivity contribution is -0.142. The number of aliphatic hydroxyl groups excluding tert-OH is 1. The number of carboxylic acid groups (broad SMARTS) is 1. The van der Waals surface area contributed by atoms with Crippen LogP contribution in [0.1, 0.15) is 30.9 Å². The average molecular weight is 597 g/mol. The third kappa shape index (κ3) is 9.28. The molecule has 0 aliphatic carbocycles. The van der Waals surface area contributed by atoms with Crippen LogP contribution < -0.4 is 27.4 Å². The number of benzene rings is 2. The van der Waals surface area contributed by atoms with Crippen LogP contribution in [-0.4, -0.2) is 80.2 Å². The Hall–Kier alpha value is -4.95. The second-order valence-corrected chi connectivity index (χ2v) is 10.2. The van der Waals surface area contributed by atoms with Gasteiger partial charge < -0.3 is 47.7 Å². The van der Waals surface area contributed by atoms with E-state index in [0.717, 1.165) is 16.5 Å². The molecule has 3 rings (SSSR count). The molecule has 43 heavy (non-hydrogen) atoms. The number of carbonyl (C=O) groups excluding carboxylic acids is 4. The molecule has 4 amide bonds. The number of nitrogens with one attached hydrogen (secondary N) is 4. The Morgan fingerprint density at radius 2 is 1.53 bits per heavy atom. The predicted molar refractivity (Wildman–Crippen MR) is 155 cm³/mol. The summed E-state index contributed by atoms with van der Waals surface area (Å²) >= 11 is 0. The van der Waals surface area contributed by atoms with E-state index in [9.17, 15) is 39.3 Å². The lowest BCUT2D eigenvalue weighted by Crippen LogP contribution is -2.60. The molecule has 0 aliphatic heterocycles. The fraction of sp³-hybridized carbons (Fsp3) is 0.345. The van der Waals surface area contributed by atoms with E-state index in [4.69, 9.17) is 11.5 Å². The van der Waals surface area contributed by atoms with Gasteiger partial charge in [-0.2, -0.15) is 0 Å². The summed E-state index contributed by atoms with van der Waals surface area (Å²) in [5.41, 5.74) is 13.5. The zero-order chi connectivity index (χ0) is 31.7. The summed E-state index contributed by atoms with van der Waals surface area (Å²) in [7, 11) is 0. The minimum absolute atomic E-state index is 0.0208. The van der Waals surface area contributed by atoms with Crippen LogP contribution in [0, 0.1) is 0 Å². The molecule has 0 radical (unpaired) electrons. The van der Waals surface area contributed by atoms with Gasteiger partial charge in [-0.3, -0.25) is 19.2 Å². The normalized spacial score (nSPS) is 14.6. The Kier molecular flexibility index (Phi) is 11.2. The molecule has 230 valence electrons. The van der Waals surface area contributed by atoms with Crippen LogP contribution in [-0.2, 0) is 36.8 Å². The molecule has 2 aromatic carbocycles. The third-order valence-corrected chi connectivity index (χ3v) is 6.82. The molecule has 5 unspecified atom stereocenters. The van der Waals surface area contributed by atoms with Gasteiger partial charge in [0.25, 0.3) is 0 Å². The molecule has 11 N–H and O–H groups in total. The number of amides is 4. The molecule has 5 atom stereocenters. The van der Waals surface area contributed by atoms with Crippen LogP contribution in [0.15, 0.2) is 54.7 Å². The summed E-state index contributed by atoms with van der Waals surface area (Å²) in [6.45, 7) is 1.26. The number of aromatic amines is 1. The smallest absolute Gasteiger partial charge is 0.326 e. The van der Waals surface area contributed by atoms with Crippen LogP contribution >= 0.6 is 0 Å². The number of fused-ring (bicyclic) bond motifs is 1. The summed E-state index contributed by atoms with van der Waals surface area (Å²) in [6.07, 6.45) is -0.298.